The fourth-order valence-corrected chi connectivity index (χ4v) is 1.17. The Labute approximate surface area is 79.5 Å². The Hall–Kier alpha value is -1.52. The van der Waals surface area contributed by atoms with Crippen LogP contribution in [0.4, 0.5) is 14.5 Å². The van der Waals surface area contributed by atoms with Gasteiger partial charge in [-0.2, -0.15) is 0 Å². The van der Waals surface area contributed by atoms with Crippen LogP contribution in [0.25, 0.3) is 0 Å². The maximum Gasteiger partial charge on any atom is 0.275 e. The molecule has 5 heteroatoms. The number of benzene rings is 1. The van der Waals surface area contributed by atoms with Crippen molar-refractivity contribution < 1.29 is 13.7 Å². The molecular weight excluding hydrogens is 192 g/mol. The lowest BCUT2D eigenvalue weighted by atomic mass is 10.0. The summed E-state index contributed by atoms with van der Waals surface area (Å²) in [5.74, 6) is -2.47. The maximum absolute atomic E-state index is 12.8. The number of nitro benzene ring substituents is 1. The third kappa shape index (κ3) is 1.86. The first-order valence-corrected chi connectivity index (χ1v) is 4.06. The van der Waals surface area contributed by atoms with E-state index in [4.69, 9.17) is 0 Å². The first-order chi connectivity index (χ1) is 6.43. The van der Waals surface area contributed by atoms with Gasteiger partial charge in [-0.15, -0.1) is 0 Å². The fraction of sp³-hybridized carbons (Fsp3) is 0.333. The number of hydrogen-bond acceptors (Lipinski definition) is 2. The van der Waals surface area contributed by atoms with Gasteiger partial charge in [-0.05, 0) is 12.0 Å². The van der Waals surface area contributed by atoms with E-state index in [1.807, 2.05) is 0 Å². The Morgan fingerprint density at radius 1 is 1.29 bits per heavy atom. The summed E-state index contributed by atoms with van der Waals surface area (Å²) in [5, 5.41) is 10.5. The minimum atomic E-state index is -1.19. The molecule has 76 valence electrons. The molecule has 0 aliphatic carbocycles. The highest BCUT2D eigenvalue weighted by Gasteiger charge is 2.20. The van der Waals surface area contributed by atoms with E-state index in [2.05, 4.69) is 0 Å². The van der Waals surface area contributed by atoms with E-state index in [-0.39, 0.29) is 17.2 Å². The average molecular weight is 201 g/mol. The molecule has 0 atom stereocenters. The fourth-order valence-electron chi connectivity index (χ4n) is 1.17. The Morgan fingerprint density at radius 3 is 2.21 bits per heavy atom. The van der Waals surface area contributed by atoms with Gasteiger partial charge in [0.2, 0.25) is 0 Å². The van der Waals surface area contributed by atoms with Crippen molar-refractivity contribution in [2.45, 2.75) is 19.8 Å². The topological polar surface area (TPSA) is 43.1 Å². The first-order valence-electron chi connectivity index (χ1n) is 4.06. The third-order valence-corrected chi connectivity index (χ3v) is 1.89. The largest absolute Gasteiger partial charge is 0.275 e. The van der Waals surface area contributed by atoms with E-state index >= 15 is 0 Å². The summed E-state index contributed by atoms with van der Waals surface area (Å²) in [6.45, 7) is 3.36. The second-order valence-corrected chi connectivity index (χ2v) is 3.24. The van der Waals surface area contributed by atoms with Crippen LogP contribution in [0.5, 0.6) is 0 Å². The Balaban J connectivity index is 3.39. The summed E-state index contributed by atoms with van der Waals surface area (Å²) >= 11 is 0. The van der Waals surface area contributed by atoms with Gasteiger partial charge >= 0.3 is 0 Å². The summed E-state index contributed by atoms with van der Waals surface area (Å²) in [4.78, 5) is 9.80. The molecule has 3 nitrogen and oxygen atoms in total. The molecule has 0 aliphatic rings. The van der Waals surface area contributed by atoms with Gasteiger partial charge in [-0.25, -0.2) is 8.78 Å². The van der Waals surface area contributed by atoms with Crippen LogP contribution < -0.4 is 0 Å². The molecule has 0 aliphatic heterocycles. The number of halogens is 2. The molecule has 0 heterocycles. The maximum atomic E-state index is 12.8. The smallest absolute Gasteiger partial charge is 0.258 e. The molecule has 0 aromatic heterocycles. The van der Waals surface area contributed by atoms with Gasteiger partial charge < -0.3 is 0 Å². The van der Waals surface area contributed by atoms with E-state index in [1.54, 1.807) is 13.8 Å². The molecule has 1 aromatic rings. The molecule has 0 bridgehead atoms. The van der Waals surface area contributed by atoms with E-state index in [1.165, 1.54) is 0 Å². The van der Waals surface area contributed by atoms with Gasteiger partial charge in [0.05, 0.1) is 11.0 Å². The highest BCUT2D eigenvalue weighted by Crippen LogP contribution is 2.28. The molecule has 0 saturated carbocycles. The van der Waals surface area contributed by atoms with Crippen LogP contribution in [0.3, 0.4) is 0 Å². The van der Waals surface area contributed by atoms with Gasteiger partial charge in [0.1, 0.15) is 0 Å². The van der Waals surface area contributed by atoms with Crippen LogP contribution in [0, 0.1) is 21.7 Å². The standard InChI is InChI=1S/C9H9F2NO2/c1-5(2)6-3-7(10)8(11)4-9(6)12(13)14/h3-5H,1-2H3. The molecule has 0 unspecified atom stereocenters. The van der Waals surface area contributed by atoms with Gasteiger partial charge in [0.25, 0.3) is 5.69 Å². The van der Waals surface area contributed by atoms with Crippen molar-refractivity contribution in [1.82, 2.24) is 0 Å². The Morgan fingerprint density at radius 2 is 1.79 bits per heavy atom. The predicted molar refractivity (Wildman–Crippen MR) is 47.1 cm³/mol. The third-order valence-electron chi connectivity index (χ3n) is 1.89. The number of nitrogens with zero attached hydrogens (tertiary/aromatic N) is 1. The molecule has 0 N–H and O–H groups in total. The molecule has 0 amide bonds. The number of rotatable bonds is 2. The molecule has 1 aromatic carbocycles. The van der Waals surface area contributed by atoms with Crippen molar-refractivity contribution in [3.05, 3.63) is 39.4 Å². The van der Waals surface area contributed by atoms with E-state index in [0.717, 1.165) is 6.07 Å². The van der Waals surface area contributed by atoms with Gasteiger partial charge in [-0.3, -0.25) is 10.1 Å². The molecular formula is C9H9F2NO2. The van der Waals surface area contributed by atoms with Crippen molar-refractivity contribution in [3.63, 3.8) is 0 Å². The molecule has 0 spiro atoms. The normalized spacial score (nSPS) is 10.6. The second-order valence-electron chi connectivity index (χ2n) is 3.24. The van der Waals surface area contributed by atoms with E-state index in [0.29, 0.717) is 6.07 Å². The lowest BCUT2D eigenvalue weighted by Crippen LogP contribution is -2.00. The molecule has 0 fully saturated rings. The van der Waals surface area contributed by atoms with Crippen molar-refractivity contribution in [2.24, 2.45) is 0 Å². The van der Waals surface area contributed by atoms with Gasteiger partial charge in [0, 0.05) is 5.56 Å². The lowest BCUT2D eigenvalue weighted by molar-refractivity contribution is -0.385. The SMILES string of the molecule is CC(C)c1cc(F)c(F)cc1[N+](=O)[O-]. The quantitative estimate of drug-likeness (QED) is 0.545. The van der Waals surface area contributed by atoms with Crippen LogP contribution in [0.15, 0.2) is 12.1 Å². The van der Waals surface area contributed by atoms with Crippen molar-refractivity contribution in [1.29, 1.82) is 0 Å². The molecule has 0 saturated heterocycles. The predicted octanol–water partition coefficient (Wildman–Crippen LogP) is 3.00. The number of hydrogen-bond donors (Lipinski definition) is 0. The zero-order valence-electron chi connectivity index (χ0n) is 7.75. The summed E-state index contributed by atoms with van der Waals surface area (Å²) in [6, 6.07) is 1.49. The Kier molecular flexibility index (Phi) is 2.78. The monoisotopic (exact) mass is 201 g/mol. The van der Waals surface area contributed by atoms with E-state index < -0.39 is 16.6 Å². The average Bonchev–Trinajstić information content (AvgIpc) is 2.08. The van der Waals surface area contributed by atoms with Crippen LogP contribution in [0.2, 0.25) is 0 Å². The second kappa shape index (κ2) is 3.69. The minimum absolute atomic E-state index is 0.203. The Bertz CT molecular complexity index is 377. The van der Waals surface area contributed by atoms with Gasteiger partial charge in [0.15, 0.2) is 11.6 Å². The molecule has 14 heavy (non-hydrogen) atoms. The van der Waals surface area contributed by atoms with Crippen LogP contribution in [-0.2, 0) is 0 Å². The van der Waals surface area contributed by atoms with E-state index in [9.17, 15) is 18.9 Å². The van der Waals surface area contributed by atoms with Gasteiger partial charge in [-0.1, -0.05) is 13.8 Å². The summed E-state index contributed by atoms with van der Waals surface area (Å²) in [5.41, 5.74) is -0.173. The van der Waals surface area contributed by atoms with Crippen molar-refractivity contribution >= 4 is 5.69 Å². The molecule has 0 radical (unpaired) electrons. The van der Waals surface area contributed by atoms with Crippen LogP contribution in [0.1, 0.15) is 25.3 Å². The summed E-state index contributed by atoms with van der Waals surface area (Å²) < 4.78 is 25.5. The van der Waals surface area contributed by atoms with Crippen LogP contribution in [-0.4, -0.2) is 4.92 Å². The summed E-state index contributed by atoms with van der Waals surface area (Å²) in [7, 11) is 0. The van der Waals surface area contributed by atoms with Crippen molar-refractivity contribution in [2.75, 3.05) is 0 Å². The highest BCUT2D eigenvalue weighted by molar-refractivity contribution is 5.42. The van der Waals surface area contributed by atoms with Crippen LogP contribution >= 0.6 is 0 Å². The zero-order chi connectivity index (χ0) is 10.9. The first kappa shape index (κ1) is 10.6. The van der Waals surface area contributed by atoms with Crippen molar-refractivity contribution in [3.8, 4) is 0 Å². The molecule has 1 rings (SSSR count). The number of nitro groups is 1. The highest BCUT2D eigenvalue weighted by atomic mass is 19.2. The summed E-state index contributed by atoms with van der Waals surface area (Å²) in [6.07, 6.45) is 0. The minimum Gasteiger partial charge on any atom is -0.258 e. The zero-order valence-corrected chi connectivity index (χ0v) is 7.75. The lowest BCUT2D eigenvalue weighted by Gasteiger charge is -2.06.